The number of furan rings is 1. The first-order chi connectivity index (χ1) is 13.8. The molecule has 1 aromatic heterocycles. The number of ether oxygens (including phenoxy) is 1. The minimum absolute atomic E-state index is 0.305. The zero-order valence-corrected chi connectivity index (χ0v) is 15.4. The molecule has 0 amide bonds. The molecule has 0 saturated carbocycles. The quantitative estimate of drug-likeness (QED) is 0.338. The van der Waals surface area contributed by atoms with E-state index in [2.05, 4.69) is 18.2 Å². The standard InChI is InChI=1S/C25H18O3/c1-2-27-25(26)20-13-11-16-7-3-4-8-18(16)24(20)17-12-14-23-21(15-17)19-9-5-6-10-22(19)28-23/h3-15H,2H2,1H3. The monoisotopic (exact) mass is 366 g/mol. The Morgan fingerprint density at radius 2 is 1.57 bits per heavy atom. The Morgan fingerprint density at radius 3 is 2.43 bits per heavy atom. The molecule has 0 saturated heterocycles. The lowest BCUT2D eigenvalue weighted by Gasteiger charge is -2.13. The molecule has 0 aliphatic carbocycles. The van der Waals surface area contributed by atoms with E-state index in [-0.39, 0.29) is 5.97 Å². The molecule has 0 N–H and O–H groups in total. The molecule has 0 spiro atoms. The smallest absolute Gasteiger partial charge is 0.338 e. The molecule has 1 heterocycles. The summed E-state index contributed by atoms with van der Waals surface area (Å²) in [5.41, 5.74) is 4.14. The van der Waals surface area contributed by atoms with Crippen LogP contribution in [0.2, 0.25) is 0 Å². The van der Waals surface area contributed by atoms with E-state index in [1.165, 1.54) is 0 Å². The molecule has 0 bridgehead atoms. The highest BCUT2D eigenvalue weighted by Gasteiger charge is 2.18. The fourth-order valence-corrected chi connectivity index (χ4v) is 3.84. The van der Waals surface area contributed by atoms with Gasteiger partial charge in [-0.1, -0.05) is 54.6 Å². The Bertz CT molecular complexity index is 1340. The van der Waals surface area contributed by atoms with Gasteiger partial charge < -0.3 is 9.15 Å². The van der Waals surface area contributed by atoms with E-state index < -0.39 is 0 Å². The highest BCUT2D eigenvalue weighted by atomic mass is 16.5. The Kier molecular flexibility index (Phi) is 3.87. The summed E-state index contributed by atoms with van der Waals surface area (Å²) in [7, 11) is 0. The number of rotatable bonds is 3. The van der Waals surface area contributed by atoms with Crippen LogP contribution in [0.1, 0.15) is 17.3 Å². The third kappa shape index (κ3) is 2.55. The molecule has 0 radical (unpaired) electrons. The van der Waals surface area contributed by atoms with Crippen molar-refractivity contribution in [3.8, 4) is 11.1 Å². The lowest BCUT2D eigenvalue weighted by atomic mass is 9.92. The van der Waals surface area contributed by atoms with Gasteiger partial charge >= 0.3 is 5.97 Å². The Balaban J connectivity index is 1.83. The van der Waals surface area contributed by atoms with Crippen LogP contribution >= 0.6 is 0 Å². The first-order valence-electron chi connectivity index (χ1n) is 9.37. The van der Waals surface area contributed by atoms with E-state index in [0.717, 1.165) is 43.8 Å². The van der Waals surface area contributed by atoms with Gasteiger partial charge in [-0.25, -0.2) is 4.79 Å². The number of esters is 1. The van der Waals surface area contributed by atoms with Gasteiger partial charge in [0.1, 0.15) is 11.2 Å². The predicted octanol–water partition coefficient (Wildman–Crippen LogP) is 6.58. The molecular formula is C25H18O3. The summed E-state index contributed by atoms with van der Waals surface area (Å²) in [4.78, 5) is 12.7. The first kappa shape index (κ1) is 16.6. The zero-order chi connectivity index (χ0) is 19.1. The molecule has 136 valence electrons. The fourth-order valence-electron chi connectivity index (χ4n) is 3.84. The largest absolute Gasteiger partial charge is 0.462 e. The second-order valence-corrected chi connectivity index (χ2v) is 6.74. The second-order valence-electron chi connectivity index (χ2n) is 6.74. The average Bonchev–Trinajstić information content (AvgIpc) is 3.11. The maximum atomic E-state index is 12.7. The molecule has 3 nitrogen and oxygen atoms in total. The van der Waals surface area contributed by atoms with Crippen LogP contribution < -0.4 is 0 Å². The molecule has 0 unspecified atom stereocenters. The van der Waals surface area contributed by atoms with Crippen molar-refractivity contribution in [3.05, 3.63) is 84.4 Å². The van der Waals surface area contributed by atoms with Gasteiger partial charge in [-0.3, -0.25) is 0 Å². The van der Waals surface area contributed by atoms with Crippen LogP contribution in [0.25, 0.3) is 43.8 Å². The van der Waals surface area contributed by atoms with Gasteiger partial charge in [0.25, 0.3) is 0 Å². The molecule has 5 aromatic rings. The fraction of sp³-hybridized carbons (Fsp3) is 0.0800. The predicted molar refractivity (Wildman–Crippen MR) is 113 cm³/mol. The minimum atomic E-state index is -0.305. The van der Waals surface area contributed by atoms with Crippen molar-refractivity contribution in [3.63, 3.8) is 0 Å². The van der Waals surface area contributed by atoms with E-state index in [1.54, 1.807) is 0 Å². The van der Waals surface area contributed by atoms with Gasteiger partial charge in [0.15, 0.2) is 0 Å². The topological polar surface area (TPSA) is 39.4 Å². The van der Waals surface area contributed by atoms with E-state index >= 15 is 0 Å². The van der Waals surface area contributed by atoms with Crippen LogP contribution in [0.15, 0.2) is 83.3 Å². The lowest BCUT2D eigenvalue weighted by molar-refractivity contribution is 0.0527. The number of para-hydroxylation sites is 1. The molecule has 3 heteroatoms. The molecule has 0 atom stereocenters. The van der Waals surface area contributed by atoms with Crippen molar-refractivity contribution in [2.24, 2.45) is 0 Å². The first-order valence-corrected chi connectivity index (χ1v) is 9.37. The summed E-state index contributed by atoms with van der Waals surface area (Å²) in [6.07, 6.45) is 0. The molecule has 5 rings (SSSR count). The molecule has 0 aliphatic heterocycles. The van der Waals surface area contributed by atoms with Crippen molar-refractivity contribution in [2.45, 2.75) is 6.92 Å². The average molecular weight is 366 g/mol. The maximum Gasteiger partial charge on any atom is 0.338 e. The van der Waals surface area contributed by atoms with Crippen LogP contribution in [-0.2, 0) is 4.74 Å². The maximum absolute atomic E-state index is 12.7. The van der Waals surface area contributed by atoms with E-state index in [1.807, 2.05) is 67.6 Å². The summed E-state index contributed by atoms with van der Waals surface area (Å²) >= 11 is 0. The Morgan fingerprint density at radius 1 is 0.821 bits per heavy atom. The Labute approximate surface area is 162 Å². The molecular weight excluding hydrogens is 348 g/mol. The number of hydrogen-bond donors (Lipinski definition) is 0. The van der Waals surface area contributed by atoms with E-state index in [9.17, 15) is 4.79 Å². The molecule has 0 fully saturated rings. The van der Waals surface area contributed by atoms with Crippen molar-refractivity contribution < 1.29 is 13.9 Å². The van der Waals surface area contributed by atoms with Gasteiger partial charge in [-0.15, -0.1) is 0 Å². The number of carbonyl (C=O) groups is 1. The van der Waals surface area contributed by atoms with E-state index in [0.29, 0.717) is 12.2 Å². The highest BCUT2D eigenvalue weighted by molar-refractivity contribution is 6.11. The summed E-state index contributed by atoms with van der Waals surface area (Å²) in [5, 5.41) is 4.22. The van der Waals surface area contributed by atoms with Crippen LogP contribution in [-0.4, -0.2) is 12.6 Å². The van der Waals surface area contributed by atoms with Gasteiger partial charge in [0.2, 0.25) is 0 Å². The van der Waals surface area contributed by atoms with Crippen molar-refractivity contribution in [2.75, 3.05) is 6.61 Å². The second kappa shape index (κ2) is 6.54. The lowest BCUT2D eigenvalue weighted by Crippen LogP contribution is -2.06. The summed E-state index contributed by atoms with van der Waals surface area (Å²) in [6.45, 7) is 2.17. The van der Waals surface area contributed by atoms with Crippen LogP contribution in [0.5, 0.6) is 0 Å². The third-order valence-electron chi connectivity index (χ3n) is 5.09. The van der Waals surface area contributed by atoms with Gasteiger partial charge in [-0.05, 0) is 47.5 Å². The number of hydrogen-bond acceptors (Lipinski definition) is 3. The van der Waals surface area contributed by atoms with Crippen LogP contribution in [0, 0.1) is 0 Å². The number of carbonyl (C=O) groups excluding carboxylic acids is 1. The number of benzene rings is 4. The Hall–Kier alpha value is -3.59. The zero-order valence-electron chi connectivity index (χ0n) is 15.4. The van der Waals surface area contributed by atoms with Gasteiger partial charge in [0, 0.05) is 16.3 Å². The van der Waals surface area contributed by atoms with Crippen molar-refractivity contribution >= 4 is 38.7 Å². The van der Waals surface area contributed by atoms with Gasteiger partial charge in [-0.2, -0.15) is 0 Å². The SMILES string of the molecule is CCOC(=O)c1ccc2ccccc2c1-c1ccc2oc3ccccc3c2c1. The van der Waals surface area contributed by atoms with Crippen LogP contribution in [0.4, 0.5) is 0 Å². The highest BCUT2D eigenvalue weighted by Crippen LogP contribution is 2.37. The summed E-state index contributed by atoms with van der Waals surface area (Å²) in [6, 6.07) is 26.0. The van der Waals surface area contributed by atoms with Crippen molar-refractivity contribution in [1.82, 2.24) is 0 Å². The third-order valence-corrected chi connectivity index (χ3v) is 5.09. The van der Waals surface area contributed by atoms with Crippen molar-refractivity contribution in [1.29, 1.82) is 0 Å². The normalized spacial score (nSPS) is 11.3. The minimum Gasteiger partial charge on any atom is -0.462 e. The summed E-state index contributed by atoms with van der Waals surface area (Å²) < 4.78 is 11.3. The van der Waals surface area contributed by atoms with E-state index in [4.69, 9.17) is 9.15 Å². The summed E-state index contributed by atoms with van der Waals surface area (Å²) in [5.74, 6) is -0.305. The number of fused-ring (bicyclic) bond motifs is 4. The van der Waals surface area contributed by atoms with Crippen LogP contribution in [0.3, 0.4) is 0 Å². The molecule has 4 aromatic carbocycles. The molecule has 0 aliphatic rings. The van der Waals surface area contributed by atoms with Gasteiger partial charge in [0.05, 0.1) is 12.2 Å². The molecule has 28 heavy (non-hydrogen) atoms.